The molecule has 1 aromatic heterocycles. The standard InChI is InChI=1S/C22H31N4O9P/c1-13(2)33-21(30)14(3)25-36(31,35-15-8-6-5-7-9-15)32-12-22(4)17(28)16(27)20(34-22)26-11-10-24-18(23)19(26)29/h5-11,13-14,16-17,20,27-28H,12H2,1-4H3,(H2,23,24)(H,25,31)/t14-,16+,17-,20+,22+,36-/m0/s1. The van der Waals surface area contributed by atoms with E-state index in [1.165, 1.54) is 38.4 Å². The van der Waals surface area contributed by atoms with Gasteiger partial charge >= 0.3 is 13.7 Å². The Morgan fingerprint density at radius 3 is 2.61 bits per heavy atom. The van der Waals surface area contributed by atoms with Gasteiger partial charge < -0.3 is 29.9 Å². The molecule has 0 saturated carbocycles. The van der Waals surface area contributed by atoms with Crippen molar-refractivity contribution in [3.8, 4) is 5.75 Å². The van der Waals surface area contributed by atoms with Crippen LogP contribution < -0.4 is 20.9 Å². The number of carbonyl (C=O) groups excluding carboxylic acids is 1. The van der Waals surface area contributed by atoms with E-state index in [-0.39, 0.29) is 11.6 Å². The van der Waals surface area contributed by atoms with Gasteiger partial charge in [-0.2, -0.15) is 5.09 Å². The Hall–Kier alpha value is -2.80. The number of nitrogens with two attached hydrogens (primary N) is 1. The molecule has 2 aromatic rings. The highest BCUT2D eigenvalue weighted by molar-refractivity contribution is 7.52. The molecule has 1 aliphatic rings. The normalized spacial score (nSPS) is 26.4. The van der Waals surface area contributed by atoms with Crippen LogP contribution in [0, 0.1) is 0 Å². The van der Waals surface area contributed by atoms with E-state index in [2.05, 4.69) is 10.1 Å². The molecular formula is C22H31N4O9P. The van der Waals surface area contributed by atoms with Gasteiger partial charge in [-0.15, -0.1) is 0 Å². The first-order valence-electron chi connectivity index (χ1n) is 11.2. The maximum absolute atomic E-state index is 13.7. The zero-order chi connectivity index (χ0) is 26.7. The highest BCUT2D eigenvalue weighted by atomic mass is 31.2. The Bertz CT molecular complexity index is 1160. The van der Waals surface area contributed by atoms with Gasteiger partial charge in [0.1, 0.15) is 29.6 Å². The fourth-order valence-corrected chi connectivity index (χ4v) is 5.05. The number of aliphatic hydroxyl groups is 2. The number of esters is 1. The minimum Gasteiger partial charge on any atom is -0.462 e. The Morgan fingerprint density at radius 1 is 1.31 bits per heavy atom. The molecule has 0 amide bonds. The molecule has 0 bridgehead atoms. The predicted molar refractivity (Wildman–Crippen MR) is 128 cm³/mol. The monoisotopic (exact) mass is 526 g/mol. The summed E-state index contributed by atoms with van der Waals surface area (Å²) in [6, 6.07) is 7.03. The predicted octanol–water partition coefficient (Wildman–Crippen LogP) is 0.968. The van der Waals surface area contributed by atoms with Crippen molar-refractivity contribution in [2.45, 2.75) is 63.9 Å². The van der Waals surface area contributed by atoms with Gasteiger partial charge in [-0.3, -0.25) is 18.7 Å². The minimum atomic E-state index is -4.27. The average Bonchev–Trinajstić information content (AvgIpc) is 3.04. The molecule has 0 unspecified atom stereocenters. The molecular weight excluding hydrogens is 495 g/mol. The van der Waals surface area contributed by atoms with Gasteiger partial charge in [0.15, 0.2) is 12.0 Å². The van der Waals surface area contributed by atoms with Gasteiger partial charge in [0, 0.05) is 12.4 Å². The molecule has 6 atom stereocenters. The van der Waals surface area contributed by atoms with Gasteiger partial charge in [0.2, 0.25) is 0 Å². The maximum atomic E-state index is 13.7. The number of benzene rings is 1. The number of nitrogens with zero attached hydrogens (tertiary/aromatic N) is 2. The molecule has 1 fully saturated rings. The highest BCUT2D eigenvalue weighted by Crippen LogP contribution is 2.47. The summed E-state index contributed by atoms with van der Waals surface area (Å²) in [5, 5.41) is 23.9. The molecule has 0 aliphatic carbocycles. The second-order valence-corrected chi connectivity index (χ2v) is 10.5. The number of para-hydroxylation sites is 1. The highest BCUT2D eigenvalue weighted by Gasteiger charge is 2.53. The number of rotatable bonds is 10. The van der Waals surface area contributed by atoms with Crippen LogP contribution in [0.4, 0.5) is 5.82 Å². The molecule has 13 nitrogen and oxygen atoms in total. The molecule has 3 rings (SSSR count). The molecule has 1 aliphatic heterocycles. The number of aliphatic hydroxyl groups excluding tert-OH is 2. The van der Waals surface area contributed by atoms with E-state index in [0.29, 0.717) is 0 Å². The number of nitrogen functional groups attached to an aromatic ring is 1. The van der Waals surface area contributed by atoms with E-state index in [9.17, 15) is 24.4 Å². The summed E-state index contributed by atoms with van der Waals surface area (Å²) in [6.45, 7) is 5.62. The zero-order valence-electron chi connectivity index (χ0n) is 20.3. The lowest BCUT2D eigenvalue weighted by Gasteiger charge is -2.30. The largest absolute Gasteiger partial charge is 0.462 e. The summed E-state index contributed by atoms with van der Waals surface area (Å²) in [4.78, 5) is 28.3. The second kappa shape index (κ2) is 11.1. The molecule has 0 spiro atoms. The van der Waals surface area contributed by atoms with E-state index in [1.807, 2.05) is 0 Å². The number of nitrogens with one attached hydrogen (secondary N) is 1. The van der Waals surface area contributed by atoms with Crippen molar-refractivity contribution in [1.29, 1.82) is 0 Å². The lowest BCUT2D eigenvalue weighted by Crippen LogP contribution is -2.45. The zero-order valence-corrected chi connectivity index (χ0v) is 21.2. The van der Waals surface area contributed by atoms with E-state index >= 15 is 0 Å². The van der Waals surface area contributed by atoms with Crippen molar-refractivity contribution in [3.05, 3.63) is 53.1 Å². The van der Waals surface area contributed by atoms with Crippen LogP contribution in [0.3, 0.4) is 0 Å². The lowest BCUT2D eigenvalue weighted by molar-refractivity contribution is -0.149. The van der Waals surface area contributed by atoms with Crippen LogP contribution in [0.1, 0.15) is 33.9 Å². The lowest BCUT2D eigenvalue weighted by atomic mass is 9.99. The Morgan fingerprint density at radius 2 is 1.97 bits per heavy atom. The number of aromatic nitrogens is 2. The third-order valence-corrected chi connectivity index (χ3v) is 6.97. The second-order valence-electron chi connectivity index (χ2n) is 8.79. The fourth-order valence-electron chi connectivity index (χ4n) is 3.46. The van der Waals surface area contributed by atoms with Crippen LogP contribution in [0.5, 0.6) is 5.75 Å². The van der Waals surface area contributed by atoms with E-state index < -0.39 is 62.1 Å². The summed E-state index contributed by atoms with van der Waals surface area (Å²) in [7, 11) is -4.27. The summed E-state index contributed by atoms with van der Waals surface area (Å²) >= 11 is 0. The minimum absolute atomic E-state index is 0.188. The molecule has 36 heavy (non-hydrogen) atoms. The van der Waals surface area contributed by atoms with Crippen LogP contribution in [-0.2, 0) is 23.4 Å². The van der Waals surface area contributed by atoms with Crippen LogP contribution >= 0.6 is 7.75 Å². The van der Waals surface area contributed by atoms with Crippen molar-refractivity contribution in [1.82, 2.24) is 14.6 Å². The number of hydrogen-bond donors (Lipinski definition) is 4. The van der Waals surface area contributed by atoms with Crippen LogP contribution in [0.15, 0.2) is 47.5 Å². The number of ether oxygens (including phenoxy) is 2. The van der Waals surface area contributed by atoms with Crippen LogP contribution in [0.25, 0.3) is 0 Å². The summed E-state index contributed by atoms with van der Waals surface area (Å²) < 4.78 is 36.8. The van der Waals surface area contributed by atoms with Crippen molar-refractivity contribution >= 4 is 19.5 Å². The first kappa shape index (κ1) is 27.8. The third-order valence-electron chi connectivity index (χ3n) is 5.35. The van der Waals surface area contributed by atoms with Crippen LogP contribution in [0.2, 0.25) is 0 Å². The van der Waals surface area contributed by atoms with Crippen molar-refractivity contribution in [2.75, 3.05) is 12.3 Å². The molecule has 14 heteroatoms. The average molecular weight is 526 g/mol. The van der Waals surface area contributed by atoms with E-state index in [0.717, 1.165) is 4.57 Å². The molecule has 5 N–H and O–H groups in total. The van der Waals surface area contributed by atoms with E-state index in [1.54, 1.807) is 32.0 Å². The first-order chi connectivity index (χ1) is 16.8. The van der Waals surface area contributed by atoms with Gasteiger partial charge in [-0.25, -0.2) is 9.55 Å². The Balaban J connectivity index is 1.82. The first-order valence-corrected chi connectivity index (χ1v) is 12.7. The summed E-state index contributed by atoms with van der Waals surface area (Å²) in [5.41, 5.74) is 3.19. The van der Waals surface area contributed by atoms with Gasteiger partial charge in [0.25, 0.3) is 5.56 Å². The number of hydrogen-bond acceptors (Lipinski definition) is 11. The van der Waals surface area contributed by atoms with Crippen LogP contribution in [-0.4, -0.2) is 62.3 Å². The smallest absolute Gasteiger partial charge is 0.459 e. The molecule has 1 aromatic carbocycles. The Labute approximate surface area is 207 Å². The SMILES string of the molecule is CC(C)OC(=O)[C@H](C)N[P@](=O)(OC[C@@]1(C)O[C@@H](n2ccnc(N)c2=O)[C@H](O)[C@@H]1O)Oc1ccccc1. The summed E-state index contributed by atoms with van der Waals surface area (Å²) in [5.74, 6) is -0.814. The van der Waals surface area contributed by atoms with E-state index in [4.69, 9.17) is 24.3 Å². The Kier molecular flexibility index (Phi) is 8.55. The number of anilines is 1. The molecule has 0 radical (unpaired) electrons. The van der Waals surface area contributed by atoms with Gasteiger partial charge in [0.05, 0.1) is 12.7 Å². The number of carbonyl (C=O) groups is 1. The van der Waals surface area contributed by atoms with Crippen molar-refractivity contribution in [2.24, 2.45) is 0 Å². The van der Waals surface area contributed by atoms with Crippen molar-refractivity contribution < 1.29 is 38.1 Å². The third kappa shape index (κ3) is 6.30. The molecule has 2 heterocycles. The summed E-state index contributed by atoms with van der Waals surface area (Å²) in [6.07, 6.45) is -2.35. The van der Waals surface area contributed by atoms with Gasteiger partial charge in [-0.05, 0) is 39.8 Å². The quantitative estimate of drug-likeness (QED) is 0.254. The topological polar surface area (TPSA) is 184 Å². The fraction of sp³-hybridized carbons (Fsp3) is 0.500. The molecule has 1 saturated heterocycles. The van der Waals surface area contributed by atoms with Crippen molar-refractivity contribution in [3.63, 3.8) is 0 Å². The molecule has 198 valence electrons. The maximum Gasteiger partial charge on any atom is 0.459 e. The van der Waals surface area contributed by atoms with Gasteiger partial charge in [-0.1, -0.05) is 18.2 Å².